The molecule has 0 fully saturated rings. The maximum absolute atomic E-state index is 10.9. The molecule has 0 rings (SSSR count). The third-order valence-corrected chi connectivity index (χ3v) is 1.16. The van der Waals surface area contributed by atoms with E-state index >= 15 is 0 Å². The monoisotopic (exact) mass is 141 g/mol. The molecule has 0 saturated heterocycles. The summed E-state index contributed by atoms with van der Waals surface area (Å²) in [6.07, 6.45) is 1.91. The molecular formula is C8H15NO. The zero-order valence-electron chi connectivity index (χ0n) is 6.52. The highest BCUT2D eigenvalue weighted by atomic mass is 16.1. The molecule has 0 aliphatic rings. The van der Waals surface area contributed by atoms with Gasteiger partial charge in [0.15, 0.2) is 0 Å². The predicted molar refractivity (Wildman–Crippen MR) is 42.7 cm³/mol. The molecule has 0 saturated carbocycles. The minimum absolute atomic E-state index is 0.248. The third kappa shape index (κ3) is 5.51. The summed E-state index contributed by atoms with van der Waals surface area (Å²) in [5, 5.41) is 0. The summed E-state index contributed by atoms with van der Waals surface area (Å²) in [4.78, 5) is 10.9. The van der Waals surface area contributed by atoms with Crippen LogP contribution < -0.4 is 5.73 Å². The largest absolute Gasteiger partial charge is 0.330 e. The number of hydrogen-bond donors (Lipinski definition) is 1. The lowest BCUT2D eigenvalue weighted by molar-refractivity contribution is -0.118. The van der Waals surface area contributed by atoms with Crippen LogP contribution in [0.3, 0.4) is 0 Å². The van der Waals surface area contributed by atoms with Gasteiger partial charge in [-0.2, -0.15) is 0 Å². The molecule has 0 aromatic rings. The van der Waals surface area contributed by atoms with Crippen LogP contribution in [0.1, 0.15) is 26.2 Å². The molecule has 58 valence electrons. The van der Waals surface area contributed by atoms with Gasteiger partial charge in [-0.05, 0) is 19.9 Å². The highest BCUT2D eigenvalue weighted by Crippen LogP contribution is 2.00. The summed E-state index contributed by atoms with van der Waals surface area (Å²) < 4.78 is 0. The smallest absolute Gasteiger partial charge is 0.136 e. The van der Waals surface area contributed by atoms with E-state index in [-0.39, 0.29) is 5.78 Å². The van der Waals surface area contributed by atoms with Gasteiger partial charge in [0.2, 0.25) is 0 Å². The first-order valence-electron chi connectivity index (χ1n) is 3.53. The van der Waals surface area contributed by atoms with Gasteiger partial charge in [-0.15, -0.1) is 0 Å². The van der Waals surface area contributed by atoms with Gasteiger partial charge in [-0.25, -0.2) is 0 Å². The average Bonchev–Trinajstić information content (AvgIpc) is 1.82. The first-order chi connectivity index (χ1) is 4.66. The summed E-state index contributed by atoms with van der Waals surface area (Å²) in [5.41, 5.74) is 6.17. The Bertz CT molecular complexity index is 129. The van der Waals surface area contributed by atoms with Crippen LogP contribution in [0.25, 0.3) is 0 Å². The second kappa shape index (κ2) is 5.18. The highest BCUT2D eigenvalue weighted by Gasteiger charge is 1.99. The molecule has 0 aromatic heterocycles. The summed E-state index contributed by atoms with van der Waals surface area (Å²) in [7, 11) is 0. The molecule has 0 amide bonds. The van der Waals surface area contributed by atoms with E-state index < -0.39 is 0 Å². The van der Waals surface area contributed by atoms with E-state index in [1.165, 1.54) is 0 Å². The van der Waals surface area contributed by atoms with Crippen molar-refractivity contribution < 1.29 is 4.79 Å². The predicted octanol–water partition coefficient (Wildman–Crippen LogP) is 1.26. The van der Waals surface area contributed by atoms with Gasteiger partial charge < -0.3 is 5.73 Å². The van der Waals surface area contributed by atoms with Crippen LogP contribution in [-0.2, 0) is 4.79 Å². The quantitative estimate of drug-likeness (QED) is 0.586. The molecule has 2 nitrogen and oxygen atoms in total. The average molecular weight is 141 g/mol. The van der Waals surface area contributed by atoms with E-state index in [0.717, 1.165) is 12.0 Å². The lowest BCUT2D eigenvalue weighted by atomic mass is 10.1. The Kier molecular flexibility index (Phi) is 4.85. The van der Waals surface area contributed by atoms with E-state index in [9.17, 15) is 4.79 Å². The van der Waals surface area contributed by atoms with Gasteiger partial charge in [0.05, 0.1) is 0 Å². The van der Waals surface area contributed by atoms with Crippen LogP contribution in [0.5, 0.6) is 0 Å². The van der Waals surface area contributed by atoms with E-state index in [1.807, 2.05) is 6.92 Å². The molecule has 0 bridgehead atoms. The summed E-state index contributed by atoms with van der Waals surface area (Å²) in [6.45, 7) is 6.11. The van der Waals surface area contributed by atoms with E-state index in [4.69, 9.17) is 5.73 Å². The van der Waals surface area contributed by atoms with Crippen molar-refractivity contribution in [2.75, 3.05) is 6.54 Å². The number of allylic oxidation sites excluding steroid dienone is 1. The van der Waals surface area contributed by atoms with Gasteiger partial charge in [0.1, 0.15) is 5.78 Å². The molecular weight excluding hydrogens is 126 g/mol. The SMILES string of the molecule is C=C(C)CC(=O)CCCN. The molecule has 0 radical (unpaired) electrons. The fourth-order valence-electron chi connectivity index (χ4n) is 0.724. The number of carbonyl (C=O) groups excluding carboxylic acids is 1. The molecule has 0 heterocycles. The maximum atomic E-state index is 10.9. The van der Waals surface area contributed by atoms with E-state index in [1.54, 1.807) is 0 Å². The van der Waals surface area contributed by atoms with Crippen LogP contribution in [0.15, 0.2) is 12.2 Å². The van der Waals surface area contributed by atoms with E-state index in [0.29, 0.717) is 19.4 Å². The number of carbonyl (C=O) groups is 1. The molecule has 0 unspecified atom stereocenters. The van der Waals surface area contributed by atoms with Crippen molar-refractivity contribution in [3.8, 4) is 0 Å². The first kappa shape index (κ1) is 9.37. The molecule has 0 atom stereocenters. The Morgan fingerprint density at radius 2 is 2.20 bits per heavy atom. The number of ketones is 1. The molecule has 0 aliphatic heterocycles. The zero-order valence-corrected chi connectivity index (χ0v) is 6.52. The topological polar surface area (TPSA) is 43.1 Å². The van der Waals surface area contributed by atoms with Gasteiger partial charge in [0, 0.05) is 12.8 Å². The molecule has 10 heavy (non-hydrogen) atoms. The summed E-state index contributed by atoms with van der Waals surface area (Å²) >= 11 is 0. The lowest BCUT2D eigenvalue weighted by Crippen LogP contribution is -2.04. The fourth-order valence-corrected chi connectivity index (χ4v) is 0.724. The zero-order chi connectivity index (χ0) is 7.98. The molecule has 2 N–H and O–H groups in total. The minimum Gasteiger partial charge on any atom is -0.330 e. The second-order valence-electron chi connectivity index (χ2n) is 2.56. The lowest BCUT2D eigenvalue weighted by Gasteiger charge is -1.96. The van der Waals surface area contributed by atoms with Crippen LogP contribution in [0.2, 0.25) is 0 Å². The van der Waals surface area contributed by atoms with Crippen LogP contribution in [0.4, 0.5) is 0 Å². The van der Waals surface area contributed by atoms with Crippen molar-refractivity contribution >= 4 is 5.78 Å². The Balaban J connectivity index is 3.35. The summed E-state index contributed by atoms with van der Waals surface area (Å²) in [5.74, 6) is 0.248. The molecule has 0 spiro atoms. The van der Waals surface area contributed by atoms with Gasteiger partial charge in [0.25, 0.3) is 0 Å². The second-order valence-corrected chi connectivity index (χ2v) is 2.56. The fraction of sp³-hybridized carbons (Fsp3) is 0.625. The van der Waals surface area contributed by atoms with E-state index in [2.05, 4.69) is 6.58 Å². The first-order valence-corrected chi connectivity index (χ1v) is 3.53. The van der Waals surface area contributed by atoms with Gasteiger partial charge in [-0.1, -0.05) is 12.2 Å². The molecule has 0 aliphatic carbocycles. The number of hydrogen-bond acceptors (Lipinski definition) is 2. The number of Topliss-reactive ketones (excluding diaryl/α,β-unsaturated/α-hetero) is 1. The van der Waals surface area contributed by atoms with Crippen molar-refractivity contribution in [3.05, 3.63) is 12.2 Å². The van der Waals surface area contributed by atoms with Crippen LogP contribution in [0, 0.1) is 0 Å². The number of rotatable bonds is 5. The van der Waals surface area contributed by atoms with Gasteiger partial charge in [-0.3, -0.25) is 4.79 Å². The Labute approximate surface area is 62.1 Å². The standard InChI is InChI=1S/C8H15NO/c1-7(2)6-8(10)4-3-5-9/h1,3-6,9H2,2H3. The Morgan fingerprint density at radius 3 is 2.60 bits per heavy atom. The Morgan fingerprint density at radius 1 is 1.60 bits per heavy atom. The van der Waals surface area contributed by atoms with Crippen molar-refractivity contribution in [1.82, 2.24) is 0 Å². The minimum atomic E-state index is 0.248. The van der Waals surface area contributed by atoms with Crippen LogP contribution >= 0.6 is 0 Å². The highest BCUT2D eigenvalue weighted by molar-refractivity contribution is 5.80. The van der Waals surface area contributed by atoms with Crippen molar-refractivity contribution in [3.63, 3.8) is 0 Å². The normalized spacial score (nSPS) is 9.40. The van der Waals surface area contributed by atoms with Crippen molar-refractivity contribution in [2.24, 2.45) is 5.73 Å². The molecule has 2 heteroatoms. The molecule has 0 aromatic carbocycles. The van der Waals surface area contributed by atoms with Gasteiger partial charge >= 0.3 is 0 Å². The third-order valence-electron chi connectivity index (χ3n) is 1.16. The maximum Gasteiger partial charge on any atom is 0.136 e. The Hall–Kier alpha value is -0.630. The number of nitrogens with two attached hydrogens (primary N) is 1. The van der Waals surface area contributed by atoms with Crippen molar-refractivity contribution in [2.45, 2.75) is 26.2 Å². The van der Waals surface area contributed by atoms with Crippen molar-refractivity contribution in [1.29, 1.82) is 0 Å². The summed E-state index contributed by atoms with van der Waals surface area (Å²) in [6, 6.07) is 0. The van der Waals surface area contributed by atoms with Crippen LogP contribution in [-0.4, -0.2) is 12.3 Å².